The topological polar surface area (TPSA) is 58.6 Å². The lowest BCUT2D eigenvalue weighted by atomic mass is 10.0. The van der Waals surface area contributed by atoms with E-state index in [4.69, 9.17) is 4.74 Å². The molecular weight excluding hydrogens is 392 g/mol. The Bertz CT molecular complexity index is 916. The van der Waals surface area contributed by atoms with Crippen LogP contribution in [0.4, 0.5) is 5.69 Å². The molecule has 1 aliphatic heterocycles. The minimum absolute atomic E-state index is 0.0120. The van der Waals surface area contributed by atoms with Crippen LogP contribution in [0.3, 0.4) is 0 Å². The van der Waals surface area contributed by atoms with E-state index in [0.29, 0.717) is 31.7 Å². The van der Waals surface area contributed by atoms with Gasteiger partial charge in [0.25, 0.3) is 5.91 Å². The molecule has 144 valence electrons. The van der Waals surface area contributed by atoms with Crippen molar-refractivity contribution in [1.82, 2.24) is 4.90 Å². The summed E-state index contributed by atoms with van der Waals surface area (Å²) in [5.74, 6) is 0.636. The second kappa shape index (κ2) is 8.58. The van der Waals surface area contributed by atoms with Gasteiger partial charge in [0.2, 0.25) is 5.91 Å². The van der Waals surface area contributed by atoms with E-state index in [1.165, 1.54) is 0 Å². The largest absolute Gasteiger partial charge is 0.484 e. The highest BCUT2D eigenvalue weighted by molar-refractivity contribution is 7.10. The van der Waals surface area contributed by atoms with Crippen molar-refractivity contribution in [2.45, 2.75) is 25.9 Å². The second-order valence-corrected chi connectivity index (χ2v) is 8.63. The molecule has 0 saturated heterocycles. The highest BCUT2D eigenvalue weighted by Crippen LogP contribution is 2.27. The summed E-state index contributed by atoms with van der Waals surface area (Å²) in [6.45, 7) is 1.14. The number of rotatable bonds is 7. The minimum atomic E-state index is -0.0483. The van der Waals surface area contributed by atoms with E-state index in [1.54, 1.807) is 28.7 Å². The first kappa shape index (κ1) is 18.7. The number of aryl methyl sites for hydroxylation is 1. The van der Waals surface area contributed by atoms with Crippen LogP contribution in [0.2, 0.25) is 0 Å². The van der Waals surface area contributed by atoms with Gasteiger partial charge < -0.3 is 15.0 Å². The van der Waals surface area contributed by atoms with Gasteiger partial charge in [-0.3, -0.25) is 9.59 Å². The number of nitrogens with one attached hydrogen (secondary N) is 1. The van der Waals surface area contributed by atoms with E-state index in [2.05, 4.69) is 5.32 Å². The first-order chi connectivity index (χ1) is 13.7. The lowest BCUT2D eigenvalue weighted by Gasteiger charge is -2.22. The molecule has 28 heavy (non-hydrogen) atoms. The van der Waals surface area contributed by atoms with Crippen LogP contribution in [0.25, 0.3) is 0 Å². The fraction of sp³-hybridized carbons (Fsp3) is 0.238. The van der Waals surface area contributed by atoms with Gasteiger partial charge in [0.05, 0.1) is 13.1 Å². The van der Waals surface area contributed by atoms with Crippen LogP contribution in [0.5, 0.6) is 5.75 Å². The van der Waals surface area contributed by atoms with E-state index in [0.717, 1.165) is 21.0 Å². The number of amides is 2. The molecule has 7 heteroatoms. The third kappa shape index (κ3) is 4.61. The number of benzene rings is 1. The van der Waals surface area contributed by atoms with Crippen LogP contribution in [0, 0.1) is 0 Å². The standard InChI is InChI=1S/C21H20N2O3S2/c24-20-8-5-15-11-16(6-7-19(15)22-20)26-14-21(25)23(12-17-3-1-9-27-17)13-18-4-2-10-28-18/h1-4,6-7,9-11H,5,8,12-14H2,(H,22,24). The van der Waals surface area contributed by atoms with E-state index < -0.39 is 0 Å². The summed E-state index contributed by atoms with van der Waals surface area (Å²) in [6, 6.07) is 13.6. The molecule has 1 aromatic carbocycles. The molecule has 0 aliphatic carbocycles. The summed E-state index contributed by atoms with van der Waals surface area (Å²) in [5.41, 5.74) is 1.87. The van der Waals surface area contributed by atoms with Crippen molar-refractivity contribution >= 4 is 40.2 Å². The van der Waals surface area contributed by atoms with Gasteiger partial charge in [-0.05, 0) is 53.1 Å². The zero-order valence-electron chi connectivity index (χ0n) is 15.2. The van der Waals surface area contributed by atoms with Gasteiger partial charge in [-0.2, -0.15) is 0 Å². The number of nitrogens with zero attached hydrogens (tertiary/aromatic N) is 1. The van der Waals surface area contributed by atoms with Crippen LogP contribution < -0.4 is 10.1 Å². The normalized spacial score (nSPS) is 12.9. The average molecular weight is 413 g/mol. The molecule has 0 saturated carbocycles. The van der Waals surface area contributed by atoms with Crippen LogP contribution >= 0.6 is 22.7 Å². The van der Waals surface area contributed by atoms with Gasteiger partial charge in [-0.15, -0.1) is 22.7 Å². The average Bonchev–Trinajstić information content (AvgIpc) is 3.40. The van der Waals surface area contributed by atoms with E-state index >= 15 is 0 Å². The summed E-state index contributed by atoms with van der Waals surface area (Å²) in [5, 5.41) is 6.89. The lowest BCUT2D eigenvalue weighted by Crippen LogP contribution is -2.33. The Morgan fingerprint density at radius 2 is 1.75 bits per heavy atom. The predicted molar refractivity (Wildman–Crippen MR) is 112 cm³/mol. The predicted octanol–water partition coefficient (Wildman–Crippen LogP) is 4.30. The molecule has 0 spiro atoms. The number of carbonyl (C=O) groups excluding carboxylic acids is 2. The third-order valence-electron chi connectivity index (χ3n) is 4.54. The highest BCUT2D eigenvalue weighted by atomic mass is 32.1. The summed E-state index contributed by atoms with van der Waals surface area (Å²) in [7, 11) is 0. The maximum absolute atomic E-state index is 12.9. The summed E-state index contributed by atoms with van der Waals surface area (Å²) in [4.78, 5) is 28.4. The zero-order chi connectivity index (χ0) is 19.3. The summed E-state index contributed by atoms with van der Waals surface area (Å²) >= 11 is 3.29. The van der Waals surface area contributed by atoms with Crippen molar-refractivity contribution in [3.63, 3.8) is 0 Å². The van der Waals surface area contributed by atoms with Crippen molar-refractivity contribution < 1.29 is 14.3 Å². The molecule has 1 aliphatic rings. The minimum Gasteiger partial charge on any atom is -0.484 e. The van der Waals surface area contributed by atoms with Gasteiger partial charge in [0.15, 0.2) is 6.61 Å². The molecular formula is C21H20N2O3S2. The molecule has 0 radical (unpaired) electrons. The number of fused-ring (bicyclic) bond motifs is 1. The van der Waals surface area contributed by atoms with Gasteiger partial charge in [0, 0.05) is 21.9 Å². The molecule has 0 bridgehead atoms. The molecule has 4 rings (SSSR count). The van der Waals surface area contributed by atoms with Gasteiger partial charge >= 0.3 is 0 Å². The number of thiophene rings is 2. The van der Waals surface area contributed by atoms with Gasteiger partial charge in [0.1, 0.15) is 5.75 Å². The second-order valence-electron chi connectivity index (χ2n) is 6.56. The molecule has 3 aromatic rings. The van der Waals surface area contributed by atoms with Crippen molar-refractivity contribution in [3.05, 3.63) is 68.5 Å². The van der Waals surface area contributed by atoms with Crippen molar-refractivity contribution in [2.24, 2.45) is 0 Å². The zero-order valence-corrected chi connectivity index (χ0v) is 16.9. The Hall–Kier alpha value is -2.64. The van der Waals surface area contributed by atoms with Crippen molar-refractivity contribution in [1.29, 1.82) is 0 Å². The van der Waals surface area contributed by atoms with Crippen LogP contribution in [0.15, 0.2) is 53.2 Å². The number of ether oxygens (including phenoxy) is 1. The number of hydrogen-bond donors (Lipinski definition) is 1. The van der Waals surface area contributed by atoms with Crippen LogP contribution in [-0.4, -0.2) is 23.3 Å². The molecule has 2 aromatic heterocycles. The Labute approximate surface area is 171 Å². The monoisotopic (exact) mass is 412 g/mol. The third-order valence-corrected chi connectivity index (χ3v) is 6.26. The quantitative estimate of drug-likeness (QED) is 0.629. The number of anilines is 1. The van der Waals surface area contributed by atoms with E-state index in [-0.39, 0.29) is 18.4 Å². The van der Waals surface area contributed by atoms with Gasteiger partial charge in [-0.25, -0.2) is 0 Å². The van der Waals surface area contributed by atoms with Crippen LogP contribution in [-0.2, 0) is 29.1 Å². The molecule has 2 amide bonds. The van der Waals surface area contributed by atoms with E-state index in [9.17, 15) is 9.59 Å². The molecule has 5 nitrogen and oxygen atoms in total. The maximum Gasteiger partial charge on any atom is 0.261 e. The molecule has 0 unspecified atom stereocenters. The fourth-order valence-electron chi connectivity index (χ4n) is 3.10. The smallest absolute Gasteiger partial charge is 0.261 e. The molecule has 0 atom stereocenters. The van der Waals surface area contributed by atoms with Crippen molar-refractivity contribution in [3.8, 4) is 5.75 Å². The SMILES string of the molecule is O=C1CCc2cc(OCC(=O)N(Cc3cccs3)Cc3cccs3)ccc2N1. The Kier molecular flexibility index (Phi) is 5.73. The first-order valence-corrected chi connectivity index (χ1v) is 10.8. The molecule has 3 heterocycles. The van der Waals surface area contributed by atoms with Crippen LogP contribution in [0.1, 0.15) is 21.7 Å². The lowest BCUT2D eigenvalue weighted by molar-refractivity contribution is -0.134. The first-order valence-electron chi connectivity index (χ1n) is 9.05. The van der Waals surface area contributed by atoms with E-state index in [1.807, 2.05) is 52.1 Å². The Morgan fingerprint density at radius 3 is 2.39 bits per heavy atom. The maximum atomic E-state index is 12.9. The number of hydrogen-bond acceptors (Lipinski definition) is 5. The van der Waals surface area contributed by atoms with Crippen molar-refractivity contribution in [2.75, 3.05) is 11.9 Å². The fourth-order valence-corrected chi connectivity index (χ4v) is 4.54. The molecule has 0 fully saturated rings. The highest BCUT2D eigenvalue weighted by Gasteiger charge is 2.18. The number of carbonyl (C=O) groups is 2. The van der Waals surface area contributed by atoms with Gasteiger partial charge in [-0.1, -0.05) is 12.1 Å². The Morgan fingerprint density at radius 1 is 1.04 bits per heavy atom. The Balaban J connectivity index is 1.41. The summed E-state index contributed by atoms with van der Waals surface area (Å²) in [6.07, 6.45) is 1.17. The summed E-state index contributed by atoms with van der Waals surface area (Å²) < 4.78 is 5.78. The molecule has 1 N–H and O–H groups in total.